The third-order valence-electron chi connectivity index (χ3n) is 3.60. The van der Waals surface area contributed by atoms with Gasteiger partial charge in [-0.2, -0.15) is 0 Å². The minimum Gasteiger partial charge on any atom is -0.377 e. The zero-order valence-electron chi connectivity index (χ0n) is 11.3. The maximum atomic E-state index is 5.86. The number of nitrogens with zero attached hydrogens (tertiary/aromatic N) is 2. The lowest BCUT2D eigenvalue weighted by Crippen LogP contribution is -2.48. The second kappa shape index (κ2) is 6.31. The summed E-state index contributed by atoms with van der Waals surface area (Å²) in [4.78, 5) is 4.41. The van der Waals surface area contributed by atoms with E-state index in [0.29, 0.717) is 5.92 Å². The topological polar surface area (TPSA) is 65.1 Å². The molecule has 1 aliphatic rings. The molecule has 0 spiro atoms. The van der Waals surface area contributed by atoms with Crippen LogP contribution in [-0.2, 0) is 17.7 Å². The second-order valence-electron chi connectivity index (χ2n) is 4.86. The maximum absolute atomic E-state index is 5.86. The molecule has 18 heavy (non-hydrogen) atoms. The zero-order valence-corrected chi connectivity index (χ0v) is 11.3. The van der Waals surface area contributed by atoms with E-state index in [1.165, 1.54) is 12.8 Å². The predicted molar refractivity (Wildman–Crippen MR) is 70.9 cm³/mol. The van der Waals surface area contributed by atoms with E-state index in [4.69, 9.17) is 10.6 Å². The minimum atomic E-state index is 0.144. The Kier molecular flexibility index (Phi) is 4.74. The van der Waals surface area contributed by atoms with E-state index in [9.17, 15) is 0 Å². The van der Waals surface area contributed by atoms with Crippen LogP contribution in [0.1, 0.15) is 32.5 Å². The summed E-state index contributed by atoms with van der Waals surface area (Å²) in [6.45, 7) is 5.84. The lowest BCUT2D eigenvalue weighted by atomic mass is 10.0. The summed E-state index contributed by atoms with van der Waals surface area (Å²) in [6, 6.07) is 0.144. The first kappa shape index (κ1) is 13.5. The van der Waals surface area contributed by atoms with Gasteiger partial charge in [-0.25, -0.2) is 4.98 Å². The summed E-state index contributed by atoms with van der Waals surface area (Å²) < 4.78 is 8.01. The van der Waals surface area contributed by atoms with E-state index in [1.807, 2.05) is 19.3 Å². The van der Waals surface area contributed by atoms with Crippen molar-refractivity contribution in [3.8, 4) is 0 Å². The lowest BCUT2D eigenvalue weighted by Gasteiger charge is -2.26. The first-order valence-corrected chi connectivity index (χ1v) is 6.87. The highest BCUT2D eigenvalue weighted by atomic mass is 16.5. The highest BCUT2D eigenvalue weighted by Gasteiger charge is 2.37. The Morgan fingerprint density at radius 3 is 2.89 bits per heavy atom. The van der Waals surface area contributed by atoms with Crippen LogP contribution >= 0.6 is 0 Å². The van der Waals surface area contributed by atoms with Crippen LogP contribution in [0.25, 0.3) is 0 Å². The Morgan fingerprint density at radius 2 is 2.33 bits per heavy atom. The molecule has 1 aromatic heterocycles. The number of hydrogen-bond acceptors (Lipinski definition) is 4. The first-order valence-electron chi connectivity index (χ1n) is 6.87. The van der Waals surface area contributed by atoms with Crippen LogP contribution < -0.4 is 11.3 Å². The van der Waals surface area contributed by atoms with Crippen LogP contribution in [0.3, 0.4) is 0 Å². The molecule has 0 saturated heterocycles. The number of imidazole rings is 1. The number of aromatic nitrogens is 2. The molecule has 0 radical (unpaired) electrons. The molecule has 5 nitrogen and oxygen atoms in total. The monoisotopic (exact) mass is 252 g/mol. The molecule has 1 heterocycles. The molecule has 3 N–H and O–H groups in total. The van der Waals surface area contributed by atoms with Crippen LogP contribution in [-0.4, -0.2) is 28.3 Å². The first-order chi connectivity index (χ1) is 8.80. The van der Waals surface area contributed by atoms with Crippen molar-refractivity contribution < 1.29 is 4.74 Å². The van der Waals surface area contributed by atoms with E-state index in [1.54, 1.807) is 0 Å². The number of ether oxygens (including phenoxy) is 1. The molecule has 1 aromatic rings. The zero-order chi connectivity index (χ0) is 13.0. The van der Waals surface area contributed by atoms with Crippen molar-refractivity contribution in [3.05, 3.63) is 18.2 Å². The van der Waals surface area contributed by atoms with Crippen LogP contribution in [0.4, 0.5) is 0 Å². The summed E-state index contributed by atoms with van der Waals surface area (Å²) in [5, 5.41) is 0. The standard InChI is InChI=1S/C13H24N4O/c1-3-17-8-7-15-12(17)9-11(16-14)13(18-4-2)10-5-6-10/h7-8,10-11,13,16H,3-6,9,14H2,1-2H3. The molecule has 1 aliphatic carbocycles. The summed E-state index contributed by atoms with van der Waals surface area (Å²) >= 11 is 0. The van der Waals surface area contributed by atoms with Crippen molar-refractivity contribution in [1.29, 1.82) is 0 Å². The molecule has 5 heteroatoms. The number of nitrogens with two attached hydrogens (primary N) is 1. The fraction of sp³-hybridized carbons (Fsp3) is 0.769. The molecule has 2 atom stereocenters. The molecule has 1 fully saturated rings. The second-order valence-corrected chi connectivity index (χ2v) is 4.86. The van der Waals surface area contributed by atoms with Crippen molar-refractivity contribution in [2.75, 3.05) is 6.61 Å². The third-order valence-corrected chi connectivity index (χ3v) is 3.60. The molecule has 2 rings (SSSR count). The average Bonchev–Trinajstić information content (AvgIpc) is 3.13. The molecular weight excluding hydrogens is 228 g/mol. The maximum Gasteiger partial charge on any atom is 0.110 e. The number of aryl methyl sites for hydroxylation is 1. The lowest BCUT2D eigenvalue weighted by molar-refractivity contribution is 0.0185. The van der Waals surface area contributed by atoms with Crippen LogP contribution in [0.2, 0.25) is 0 Å². The quantitative estimate of drug-likeness (QED) is 0.537. The smallest absolute Gasteiger partial charge is 0.110 e. The van der Waals surface area contributed by atoms with Crippen LogP contribution in [0, 0.1) is 5.92 Å². The van der Waals surface area contributed by atoms with E-state index in [0.717, 1.165) is 25.4 Å². The van der Waals surface area contributed by atoms with Gasteiger partial charge in [-0.05, 0) is 32.6 Å². The number of nitrogens with one attached hydrogen (secondary N) is 1. The molecule has 2 unspecified atom stereocenters. The summed E-state index contributed by atoms with van der Waals surface area (Å²) in [5.74, 6) is 7.45. The van der Waals surface area contributed by atoms with Gasteiger partial charge in [-0.1, -0.05) is 0 Å². The van der Waals surface area contributed by atoms with Gasteiger partial charge in [0.1, 0.15) is 5.82 Å². The number of rotatable bonds is 8. The molecule has 102 valence electrons. The summed E-state index contributed by atoms with van der Waals surface area (Å²) in [6.07, 6.45) is 7.39. The van der Waals surface area contributed by atoms with Gasteiger partial charge in [0.05, 0.1) is 12.1 Å². The molecule has 0 aliphatic heterocycles. The van der Waals surface area contributed by atoms with Gasteiger partial charge in [-0.15, -0.1) is 0 Å². The molecular formula is C13H24N4O. The van der Waals surface area contributed by atoms with Gasteiger partial charge >= 0.3 is 0 Å². The van der Waals surface area contributed by atoms with Gasteiger partial charge in [-0.3, -0.25) is 11.3 Å². The van der Waals surface area contributed by atoms with Crippen molar-refractivity contribution >= 4 is 0 Å². The Morgan fingerprint density at radius 1 is 1.56 bits per heavy atom. The van der Waals surface area contributed by atoms with Crippen molar-refractivity contribution in [3.63, 3.8) is 0 Å². The van der Waals surface area contributed by atoms with E-state index >= 15 is 0 Å². The van der Waals surface area contributed by atoms with E-state index in [-0.39, 0.29) is 12.1 Å². The average molecular weight is 252 g/mol. The Balaban J connectivity index is 2.03. The highest BCUT2D eigenvalue weighted by Crippen LogP contribution is 2.36. The number of hydrogen-bond donors (Lipinski definition) is 2. The molecule has 0 amide bonds. The summed E-state index contributed by atoms with van der Waals surface area (Å²) in [7, 11) is 0. The van der Waals surface area contributed by atoms with Gasteiger partial charge in [0, 0.05) is 32.0 Å². The predicted octanol–water partition coefficient (Wildman–Crippen LogP) is 1.09. The van der Waals surface area contributed by atoms with Gasteiger partial charge in [0.25, 0.3) is 0 Å². The van der Waals surface area contributed by atoms with Crippen molar-refractivity contribution in [1.82, 2.24) is 15.0 Å². The summed E-state index contributed by atoms with van der Waals surface area (Å²) in [5.41, 5.74) is 2.92. The van der Waals surface area contributed by atoms with Crippen LogP contribution in [0.15, 0.2) is 12.4 Å². The number of hydrazine groups is 1. The Hall–Kier alpha value is -0.910. The Bertz CT molecular complexity index is 362. The minimum absolute atomic E-state index is 0.144. The van der Waals surface area contributed by atoms with Crippen molar-refractivity contribution in [2.24, 2.45) is 11.8 Å². The van der Waals surface area contributed by atoms with E-state index in [2.05, 4.69) is 21.9 Å². The Labute approximate surface area is 109 Å². The molecule has 0 aromatic carbocycles. The fourth-order valence-corrected chi connectivity index (χ4v) is 2.48. The van der Waals surface area contributed by atoms with E-state index < -0.39 is 0 Å². The van der Waals surface area contributed by atoms with Gasteiger partial charge in [0.15, 0.2) is 0 Å². The normalized spacial score (nSPS) is 18.8. The SMILES string of the molecule is CCOC(C1CC1)C(Cc1nccn1CC)NN. The van der Waals surface area contributed by atoms with Gasteiger partial charge < -0.3 is 9.30 Å². The van der Waals surface area contributed by atoms with Gasteiger partial charge in [0.2, 0.25) is 0 Å². The van der Waals surface area contributed by atoms with Crippen molar-refractivity contribution in [2.45, 2.75) is 51.8 Å². The third kappa shape index (κ3) is 3.10. The molecule has 0 bridgehead atoms. The highest BCUT2D eigenvalue weighted by molar-refractivity contribution is 4.99. The largest absolute Gasteiger partial charge is 0.377 e. The molecule has 1 saturated carbocycles. The fourth-order valence-electron chi connectivity index (χ4n) is 2.48. The van der Waals surface area contributed by atoms with Crippen LogP contribution in [0.5, 0.6) is 0 Å².